The largest absolute Gasteiger partial charge is 0.387 e. The van der Waals surface area contributed by atoms with Crippen LogP contribution in [-0.2, 0) is 0 Å². The Hall–Kier alpha value is -1.38. The first kappa shape index (κ1) is 12.1. The first-order chi connectivity index (χ1) is 8.11. The first-order valence-electron chi connectivity index (χ1n) is 5.93. The van der Waals surface area contributed by atoms with Crippen LogP contribution in [0, 0.1) is 0 Å². The predicted molar refractivity (Wildman–Crippen MR) is 72.1 cm³/mol. The molecule has 0 aromatic heterocycles. The minimum Gasteiger partial charge on any atom is -0.387 e. The molecule has 2 aromatic carbocycles. The maximum atomic E-state index is 10.4. The van der Waals surface area contributed by atoms with Crippen LogP contribution in [0.3, 0.4) is 0 Å². The van der Waals surface area contributed by atoms with Crippen molar-refractivity contribution in [2.45, 2.75) is 19.1 Å². The van der Waals surface area contributed by atoms with Crippen LogP contribution < -0.4 is 0 Å². The van der Waals surface area contributed by atoms with E-state index in [-0.39, 0.29) is 6.04 Å². The lowest BCUT2D eigenvalue weighted by Gasteiger charge is -2.26. The molecule has 2 rings (SSSR count). The number of hydrogen-bond donors (Lipinski definition) is 1. The molecular formula is C15H19NO. The highest BCUT2D eigenvalue weighted by Crippen LogP contribution is 2.27. The Bertz CT molecular complexity index is 502. The van der Waals surface area contributed by atoms with Crippen LogP contribution in [0.15, 0.2) is 42.5 Å². The summed E-state index contributed by atoms with van der Waals surface area (Å²) >= 11 is 0. The van der Waals surface area contributed by atoms with E-state index in [9.17, 15) is 5.11 Å². The molecule has 0 heterocycles. The molecule has 2 nitrogen and oxygen atoms in total. The number of fused-ring (bicyclic) bond motifs is 1. The number of nitrogens with zero attached hydrogens (tertiary/aromatic N) is 1. The van der Waals surface area contributed by atoms with Crippen molar-refractivity contribution < 1.29 is 5.11 Å². The molecule has 17 heavy (non-hydrogen) atoms. The molecule has 2 heteroatoms. The van der Waals surface area contributed by atoms with Crippen LogP contribution in [0.4, 0.5) is 0 Å². The smallest absolute Gasteiger partial charge is 0.0948 e. The van der Waals surface area contributed by atoms with Gasteiger partial charge >= 0.3 is 0 Å². The Morgan fingerprint density at radius 2 is 1.65 bits per heavy atom. The highest BCUT2D eigenvalue weighted by Gasteiger charge is 2.19. The van der Waals surface area contributed by atoms with Gasteiger partial charge in [-0.15, -0.1) is 0 Å². The second-order valence-electron chi connectivity index (χ2n) is 4.72. The molecule has 0 bridgehead atoms. The lowest BCUT2D eigenvalue weighted by molar-refractivity contribution is 0.0870. The summed E-state index contributed by atoms with van der Waals surface area (Å²) in [4.78, 5) is 2.03. The lowest BCUT2D eigenvalue weighted by Crippen LogP contribution is -2.31. The maximum absolute atomic E-state index is 10.4. The van der Waals surface area contributed by atoms with Gasteiger partial charge in [-0.2, -0.15) is 0 Å². The highest BCUT2D eigenvalue weighted by molar-refractivity contribution is 5.86. The van der Waals surface area contributed by atoms with Crippen molar-refractivity contribution in [1.29, 1.82) is 0 Å². The van der Waals surface area contributed by atoms with Crippen molar-refractivity contribution in [3.8, 4) is 0 Å². The molecular weight excluding hydrogens is 210 g/mol. The molecule has 0 saturated heterocycles. The summed E-state index contributed by atoms with van der Waals surface area (Å²) in [6.45, 7) is 2.03. The minimum atomic E-state index is -0.462. The zero-order valence-corrected chi connectivity index (χ0v) is 10.6. The monoisotopic (exact) mass is 229 g/mol. The van der Waals surface area contributed by atoms with Gasteiger partial charge < -0.3 is 10.0 Å². The molecule has 0 unspecified atom stereocenters. The fourth-order valence-corrected chi connectivity index (χ4v) is 2.05. The lowest BCUT2D eigenvalue weighted by atomic mass is 9.96. The summed E-state index contributed by atoms with van der Waals surface area (Å²) in [5.41, 5.74) is 1.00. The van der Waals surface area contributed by atoms with E-state index in [1.54, 1.807) is 0 Å². The second kappa shape index (κ2) is 4.86. The van der Waals surface area contributed by atoms with Crippen molar-refractivity contribution in [2.75, 3.05) is 14.1 Å². The summed E-state index contributed by atoms with van der Waals surface area (Å²) in [6.07, 6.45) is -0.462. The number of rotatable bonds is 3. The molecule has 2 aromatic rings. The van der Waals surface area contributed by atoms with Gasteiger partial charge in [0.15, 0.2) is 0 Å². The van der Waals surface area contributed by atoms with E-state index < -0.39 is 6.10 Å². The van der Waals surface area contributed by atoms with E-state index in [2.05, 4.69) is 18.2 Å². The highest BCUT2D eigenvalue weighted by atomic mass is 16.3. The van der Waals surface area contributed by atoms with Crippen molar-refractivity contribution in [2.24, 2.45) is 0 Å². The fraction of sp³-hybridized carbons (Fsp3) is 0.333. The third kappa shape index (κ3) is 2.33. The number of aliphatic hydroxyl groups is 1. The van der Waals surface area contributed by atoms with E-state index in [0.717, 1.165) is 10.9 Å². The molecule has 0 saturated carbocycles. The normalized spacial score (nSPS) is 15.1. The number of benzene rings is 2. The van der Waals surface area contributed by atoms with Crippen molar-refractivity contribution in [3.63, 3.8) is 0 Å². The maximum Gasteiger partial charge on any atom is 0.0948 e. The molecule has 0 aliphatic rings. The molecule has 1 N–H and O–H groups in total. The Kier molecular flexibility index (Phi) is 3.46. The predicted octanol–water partition coefficient (Wildman–Crippen LogP) is 2.82. The van der Waals surface area contributed by atoms with E-state index in [1.807, 2.05) is 50.2 Å². The van der Waals surface area contributed by atoms with Gasteiger partial charge in [0.05, 0.1) is 6.10 Å². The van der Waals surface area contributed by atoms with E-state index in [1.165, 1.54) is 5.39 Å². The summed E-state index contributed by atoms with van der Waals surface area (Å²) in [5.74, 6) is 0. The van der Waals surface area contributed by atoms with Crippen LogP contribution in [0.25, 0.3) is 10.8 Å². The number of likely N-dealkylation sites (N-methyl/N-ethyl adjacent to an activating group) is 1. The van der Waals surface area contributed by atoms with Crippen LogP contribution in [0.1, 0.15) is 18.6 Å². The number of hydrogen-bond acceptors (Lipinski definition) is 2. The topological polar surface area (TPSA) is 23.5 Å². The molecule has 0 amide bonds. The second-order valence-corrected chi connectivity index (χ2v) is 4.72. The molecule has 0 aliphatic carbocycles. The average Bonchev–Trinajstić information content (AvgIpc) is 2.36. The Morgan fingerprint density at radius 3 is 2.35 bits per heavy atom. The zero-order chi connectivity index (χ0) is 12.4. The van der Waals surface area contributed by atoms with E-state index in [4.69, 9.17) is 0 Å². The van der Waals surface area contributed by atoms with Gasteiger partial charge in [0.25, 0.3) is 0 Å². The van der Waals surface area contributed by atoms with Crippen molar-refractivity contribution in [1.82, 2.24) is 4.90 Å². The van der Waals surface area contributed by atoms with Crippen molar-refractivity contribution >= 4 is 10.8 Å². The van der Waals surface area contributed by atoms with E-state index in [0.29, 0.717) is 0 Å². The zero-order valence-electron chi connectivity index (χ0n) is 10.6. The third-order valence-corrected chi connectivity index (χ3v) is 3.41. The Balaban J connectivity index is 2.48. The van der Waals surface area contributed by atoms with E-state index >= 15 is 0 Å². The van der Waals surface area contributed by atoms with Crippen LogP contribution >= 0.6 is 0 Å². The van der Waals surface area contributed by atoms with Gasteiger partial charge in [0.1, 0.15) is 0 Å². The molecule has 0 fully saturated rings. The van der Waals surface area contributed by atoms with Gasteiger partial charge in [0, 0.05) is 6.04 Å². The SMILES string of the molecule is C[C@H]([C@H](O)c1cccc2ccccc12)N(C)C. The Morgan fingerprint density at radius 1 is 1.00 bits per heavy atom. The summed E-state index contributed by atoms with van der Waals surface area (Å²) < 4.78 is 0. The third-order valence-electron chi connectivity index (χ3n) is 3.41. The molecule has 90 valence electrons. The summed E-state index contributed by atoms with van der Waals surface area (Å²) in [5, 5.41) is 12.7. The quantitative estimate of drug-likeness (QED) is 0.874. The first-order valence-corrected chi connectivity index (χ1v) is 5.93. The number of aliphatic hydroxyl groups excluding tert-OH is 1. The minimum absolute atomic E-state index is 0.0980. The van der Waals surface area contributed by atoms with Gasteiger partial charge in [-0.1, -0.05) is 42.5 Å². The van der Waals surface area contributed by atoms with Crippen LogP contribution in [0.2, 0.25) is 0 Å². The standard InChI is InChI=1S/C15H19NO/c1-11(16(2)3)15(17)14-10-6-8-12-7-4-5-9-13(12)14/h4-11,15,17H,1-3H3/t11-,15+/m1/s1. The summed E-state index contributed by atoms with van der Waals surface area (Å²) in [7, 11) is 3.97. The Labute approximate surface area is 102 Å². The fourth-order valence-electron chi connectivity index (χ4n) is 2.05. The van der Waals surface area contributed by atoms with Crippen LogP contribution in [0.5, 0.6) is 0 Å². The van der Waals surface area contributed by atoms with Gasteiger partial charge in [0.2, 0.25) is 0 Å². The average molecular weight is 229 g/mol. The van der Waals surface area contributed by atoms with Crippen LogP contribution in [-0.4, -0.2) is 30.1 Å². The molecule has 0 spiro atoms. The van der Waals surface area contributed by atoms with Gasteiger partial charge in [-0.3, -0.25) is 0 Å². The van der Waals surface area contributed by atoms with Crippen molar-refractivity contribution in [3.05, 3.63) is 48.0 Å². The molecule has 0 radical (unpaired) electrons. The van der Waals surface area contributed by atoms with Gasteiger partial charge in [-0.25, -0.2) is 0 Å². The summed E-state index contributed by atoms with van der Waals surface area (Å²) in [6, 6.07) is 14.4. The van der Waals surface area contributed by atoms with Gasteiger partial charge in [-0.05, 0) is 37.4 Å². The molecule has 0 aliphatic heterocycles. The molecule has 2 atom stereocenters.